The average Bonchev–Trinajstić information content (AvgIpc) is 3.46. The number of imidazole rings is 1. The molecule has 1 aliphatic rings. The van der Waals surface area contributed by atoms with Crippen LogP contribution >= 0.6 is 0 Å². The van der Waals surface area contributed by atoms with Gasteiger partial charge in [-0.15, -0.1) is 0 Å². The molecular formula is C22H22FN3O2. The Morgan fingerprint density at radius 1 is 1.25 bits per heavy atom. The highest BCUT2D eigenvalue weighted by Crippen LogP contribution is 2.41. The third-order valence-corrected chi connectivity index (χ3v) is 4.71. The topological polar surface area (TPSA) is 67.0 Å². The zero-order valence-electron chi connectivity index (χ0n) is 15.7. The van der Waals surface area contributed by atoms with Gasteiger partial charge in [0.25, 0.3) is 5.91 Å². The third kappa shape index (κ3) is 4.06. The minimum absolute atomic E-state index is 0.215. The Balaban J connectivity index is 1.52. The van der Waals surface area contributed by atoms with Gasteiger partial charge in [0.05, 0.1) is 12.3 Å². The maximum Gasteiger partial charge on any atom is 0.272 e. The van der Waals surface area contributed by atoms with E-state index < -0.39 is 0 Å². The quantitative estimate of drug-likeness (QED) is 0.638. The second-order valence-electron chi connectivity index (χ2n) is 6.89. The summed E-state index contributed by atoms with van der Waals surface area (Å²) in [4.78, 5) is 20.6. The summed E-state index contributed by atoms with van der Waals surface area (Å²) in [7, 11) is 0. The van der Waals surface area contributed by atoms with Crippen LogP contribution in [0.2, 0.25) is 0 Å². The van der Waals surface area contributed by atoms with Gasteiger partial charge in [0.1, 0.15) is 23.1 Å². The van der Waals surface area contributed by atoms with Gasteiger partial charge in [-0.05, 0) is 61.7 Å². The van der Waals surface area contributed by atoms with E-state index in [4.69, 9.17) is 4.74 Å². The van der Waals surface area contributed by atoms with E-state index >= 15 is 0 Å². The number of H-pyrrole nitrogens is 1. The average molecular weight is 379 g/mol. The van der Waals surface area contributed by atoms with E-state index in [9.17, 15) is 9.18 Å². The van der Waals surface area contributed by atoms with Crippen molar-refractivity contribution < 1.29 is 13.9 Å². The van der Waals surface area contributed by atoms with Crippen LogP contribution in [0.4, 0.5) is 4.39 Å². The lowest BCUT2D eigenvalue weighted by atomic mass is 10.2. The second-order valence-corrected chi connectivity index (χ2v) is 6.89. The molecule has 2 N–H and O–H groups in total. The molecule has 0 spiro atoms. The summed E-state index contributed by atoms with van der Waals surface area (Å²) in [6, 6.07) is 13.8. The summed E-state index contributed by atoms with van der Waals surface area (Å²) in [5.74, 6) is 1.19. The summed E-state index contributed by atoms with van der Waals surface area (Å²) in [5.41, 5.74) is 3.00. The van der Waals surface area contributed by atoms with E-state index in [1.165, 1.54) is 12.1 Å². The van der Waals surface area contributed by atoms with Gasteiger partial charge in [0.15, 0.2) is 0 Å². The first-order valence-corrected chi connectivity index (χ1v) is 9.50. The van der Waals surface area contributed by atoms with E-state index in [1.54, 1.807) is 12.1 Å². The maximum atomic E-state index is 13.2. The van der Waals surface area contributed by atoms with Crippen LogP contribution in [0.3, 0.4) is 0 Å². The van der Waals surface area contributed by atoms with E-state index in [0.717, 1.165) is 35.4 Å². The number of hydrogen-bond acceptors (Lipinski definition) is 3. The summed E-state index contributed by atoms with van der Waals surface area (Å²) in [6.07, 6.45) is 2.09. The van der Waals surface area contributed by atoms with Crippen LogP contribution in [0.5, 0.6) is 5.75 Å². The molecule has 0 aliphatic heterocycles. The molecule has 0 atom stereocenters. The Morgan fingerprint density at radius 2 is 2.04 bits per heavy atom. The number of hydrogen-bond donors (Lipinski definition) is 2. The van der Waals surface area contributed by atoms with Crippen molar-refractivity contribution in [2.45, 2.75) is 32.2 Å². The predicted octanol–water partition coefficient (Wildman–Crippen LogP) is 4.42. The van der Waals surface area contributed by atoms with Crippen molar-refractivity contribution in [2.75, 3.05) is 6.61 Å². The molecule has 0 bridgehead atoms. The fourth-order valence-electron chi connectivity index (χ4n) is 3.15. The van der Waals surface area contributed by atoms with Crippen LogP contribution in [-0.4, -0.2) is 22.5 Å². The minimum atomic E-state index is -0.301. The largest absolute Gasteiger partial charge is 0.494 e. The molecule has 0 unspecified atom stereocenters. The summed E-state index contributed by atoms with van der Waals surface area (Å²) >= 11 is 0. The molecule has 1 aromatic heterocycles. The van der Waals surface area contributed by atoms with Gasteiger partial charge < -0.3 is 15.0 Å². The molecule has 3 aromatic rings. The van der Waals surface area contributed by atoms with Gasteiger partial charge in [-0.2, -0.15) is 0 Å². The molecule has 1 amide bonds. The minimum Gasteiger partial charge on any atom is -0.494 e. The summed E-state index contributed by atoms with van der Waals surface area (Å²) < 4.78 is 18.7. The van der Waals surface area contributed by atoms with Crippen molar-refractivity contribution in [3.63, 3.8) is 0 Å². The van der Waals surface area contributed by atoms with Crippen molar-refractivity contribution in [3.05, 3.63) is 71.3 Å². The van der Waals surface area contributed by atoms with E-state index in [-0.39, 0.29) is 11.7 Å². The van der Waals surface area contributed by atoms with Crippen LogP contribution in [0.25, 0.3) is 11.4 Å². The second kappa shape index (κ2) is 7.84. The highest BCUT2D eigenvalue weighted by Gasteiger charge is 2.31. The normalized spacial score (nSPS) is 13.4. The number of benzene rings is 2. The molecule has 6 heteroatoms. The number of nitrogens with zero attached hydrogens (tertiary/aromatic N) is 1. The molecule has 1 saturated carbocycles. The zero-order valence-corrected chi connectivity index (χ0v) is 15.7. The van der Waals surface area contributed by atoms with Gasteiger partial charge in [-0.3, -0.25) is 4.79 Å². The molecule has 1 fully saturated rings. The monoisotopic (exact) mass is 379 g/mol. The number of aromatic nitrogens is 2. The predicted molar refractivity (Wildman–Crippen MR) is 105 cm³/mol. The number of carbonyl (C=O) groups is 1. The lowest BCUT2D eigenvalue weighted by molar-refractivity contribution is 0.0945. The fourth-order valence-corrected chi connectivity index (χ4v) is 3.15. The van der Waals surface area contributed by atoms with Crippen LogP contribution in [0, 0.1) is 5.82 Å². The van der Waals surface area contributed by atoms with Crippen LogP contribution in [-0.2, 0) is 6.54 Å². The Hall–Kier alpha value is -3.15. The number of nitrogens with one attached hydrogen (secondary N) is 2. The summed E-state index contributed by atoms with van der Waals surface area (Å²) in [5, 5.41) is 2.94. The number of ether oxygens (including phenoxy) is 1. The number of amides is 1. The highest BCUT2D eigenvalue weighted by molar-refractivity contribution is 5.94. The van der Waals surface area contributed by atoms with Crippen molar-refractivity contribution in [2.24, 2.45) is 0 Å². The van der Waals surface area contributed by atoms with Crippen LogP contribution < -0.4 is 10.1 Å². The SMILES string of the molecule is CCOc1cccc(CNC(=O)c2nc(-c3ccc(F)cc3)[nH]c2C2CC2)c1. The number of rotatable bonds is 7. The van der Waals surface area contributed by atoms with Crippen molar-refractivity contribution in [1.82, 2.24) is 15.3 Å². The van der Waals surface area contributed by atoms with E-state index in [0.29, 0.717) is 30.6 Å². The first-order valence-electron chi connectivity index (χ1n) is 9.50. The Labute approximate surface area is 163 Å². The first kappa shape index (κ1) is 18.2. The Bertz CT molecular complexity index is 978. The van der Waals surface area contributed by atoms with Crippen molar-refractivity contribution >= 4 is 5.91 Å². The van der Waals surface area contributed by atoms with Gasteiger partial charge in [-0.25, -0.2) is 9.37 Å². The molecule has 0 saturated heterocycles. The fraction of sp³-hybridized carbons (Fsp3) is 0.273. The molecule has 2 aromatic carbocycles. The molecule has 1 aliphatic carbocycles. The smallest absolute Gasteiger partial charge is 0.272 e. The molecule has 1 heterocycles. The molecule has 5 nitrogen and oxygen atoms in total. The summed E-state index contributed by atoms with van der Waals surface area (Å²) in [6.45, 7) is 2.92. The zero-order chi connectivity index (χ0) is 19.5. The van der Waals surface area contributed by atoms with Gasteiger partial charge in [0, 0.05) is 18.0 Å². The molecular weight excluding hydrogens is 357 g/mol. The highest BCUT2D eigenvalue weighted by atomic mass is 19.1. The van der Waals surface area contributed by atoms with Gasteiger partial charge in [0.2, 0.25) is 0 Å². The van der Waals surface area contributed by atoms with E-state index in [2.05, 4.69) is 15.3 Å². The molecule has 0 radical (unpaired) electrons. The van der Waals surface area contributed by atoms with Crippen LogP contribution in [0.15, 0.2) is 48.5 Å². The first-order chi connectivity index (χ1) is 13.6. The molecule has 28 heavy (non-hydrogen) atoms. The van der Waals surface area contributed by atoms with Crippen molar-refractivity contribution in [3.8, 4) is 17.1 Å². The molecule has 144 valence electrons. The standard InChI is InChI=1S/C22H22FN3O2/c1-2-28-18-5-3-4-14(12-18)13-24-22(27)20-19(15-6-7-15)25-21(26-20)16-8-10-17(23)11-9-16/h3-5,8-12,15H,2,6-7,13H2,1H3,(H,24,27)(H,25,26). The van der Waals surface area contributed by atoms with Gasteiger partial charge in [-0.1, -0.05) is 12.1 Å². The maximum absolute atomic E-state index is 13.2. The lowest BCUT2D eigenvalue weighted by Gasteiger charge is -2.07. The number of halogens is 1. The van der Waals surface area contributed by atoms with E-state index in [1.807, 2.05) is 31.2 Å². The van der Waals surface area contributed by atoms with Crippen LogP contribution in [0.1, 0.15) is 47.4 Å². The number of carbonyl (C=O) groups excluding carboxylic acids is 1. The third-order valence-electron chi connectivity index (χ3n) is 4.71. The van der Waals surface area contributed by atoms with Gasteiger partial charge >= 0.3 is 0 Å². The molecule has 4 rings (SSSR count). The lowest BCUT2D eigenvalue weighted by Crippen LogP contribution is -2.24. The van der Waals surface area contributed by atoms with Crippen molar-refractivity contribution in [1.29, 1.82) is 0 Å². The number of aromatic amines is 1. The Kier molecular flexibility index (Phi) is 5.10. The Morgan fingerprint density at radius 3 is 2.75 bits per heavy atom.